The molecule has 8 nitrogen and oxygen atoms in total. The lowest BCUT2D eigenvalue weighted by Gasteiger charge is -2.31. The summed E-state index contributed by atoms with van der Waals surface area (Å²) in [4.78, 5) is 26.9. The van der Waals surface area contributed by atoms with Crippen LogP contribution in [0.5, 0.6) is 5.75 Å². The van der Waals surface area contributed by atoms with Gasteiger partial charge >= 0.3 is 0 Å². The molecule has 1 N–H and O–H groups in total. The van der Waals surface area contributed by atoms with Crippen molar-refractivity contribution in [3.63, 3.8) is 0 Å². The summed E-state index contributed by atoms with van der Waals surface area (Å²) < 4.78 is 31.3. The van der Waals surface area contributed by atoms with Crippen molar-refractivity contribution in [3.05, 3.63) is 58.1 Å². The van der Waals surface area contributed by atoms with Crippen LogP contribution in [0.4, 0.5) is 5.69 Å². The standard InChI is InChI=1S/C21H25Cl2N3O5S/c1-14(21(28)24-2)25(12-15-9-10-16(22)11-17(15)23)20(27)13-26(32(4,29)30)18-7-5-6-8-19(18)31-3/h5-11,14H,12-13H2,1-4H3,(H,24,28)/t14-/m1/s1. The molecule has 0 fully saturated rings. The van der Waals surface area contributed by atoms with Gasteiger partial charge in [-0.3, -0.25) is 13.9 Å². The molecule has 0 aliphatic rings. The lowest BCUT2D eigenvalue weighted by molar-refractivity contribution is -0.139. The molecule has 2 aromatic carbocycles. The van der Waals surface area contributed by atoms with E-state index in [0.29, 0.717) is 15.6 Å². The van der Waals surface area contributed by atoms with Gasteiger partial charge in [0.05, 0.1) is 19.1 Å². The molecule has 0 spiro atoms. The van der Waals surface area contributed by atoms with E-state index < -0.39 is 34.4 Å². The molecule has 0 aliphatic carbocycles. The predicted octanol–water partition coefficient (Wildman–Crippen LogP) is 2.93. The second-order valence-corrected chi connectivity index (χ2v) is 9.74. The fourth-order valence-corrected chi connectivity index (χ4v) is 4.38. The normalized spacial score (nSPS) is 12.1. The van der Waals surface area contributed by atoms with Crippen molar-refractivity contribution in [2.75, 3.05) is 31.3 Å². The second-order valence-electron chi connectivity index (χ2n) is 6.99. The first-order chi connectivity index (χ1) is 15.0. The number of nitrogens with zero attached hydrogens (tertiary/aromatic N) is 2. The van der Waals surface area contributed by atoms with Crippen LogP contribution in [-0.2, 0) is 26.2 Å². The number of carbonyl (C=O) groups excluding carboxylic acids is 2. The van der Waals surface area contributed by atoms with Crippen molar-refractivity contribution in [3.8, 4) is 5.75 Å². The van der Waals surface area contributed by atoms with Crippen LogP contribution in [-0.4, -0.2) is 58.1 Å². The number of rotatable bonds is 9. The van der Waals surface area contributed by atoms with Gasteiger partial charge in [-0.05, 0) is 36.8 Å². The zero-order chi connectivity index (χ0) is 24.1. The zero-order valence-corrected chi connectivity index (χ0v) is 20.5. The largest absolute Gasteiger partial charge is 0.495 e. The Hall–Kier alpha value is -2.49. The number of benzene rings is 2. The quantitative estimate of drug-likeness (QED) is 0.569. The fourth-order valence-electron chi connectivity index (χ4n) is 3.06. The number of halogens is 2. The Kier molecular flexibility index (Phi) is 8.77. The molecule has 0 radical (unpaired) electrons. The molecule has 32 heavy (non-hydrogen) atoms. The van der Waals surface area contributed by atoms with Crippen LogP contribution in [0, 0.1) is 0 Å². The van der Waals surface area contributed by atoms with E-state index in [1.165, 1.54) is 31.2 Å². The summed E-state index contributed by atoms with van der Waals surface area (Å²) >= 11 is 12.2. The number of para-hydroxylation sites is 2. The van der Waals surface area contributed by atoms with E-state index in [1.807, 2.05) is 0 Å². The molecule has 11 heteroatoms. The van der Waals surface area contributed by atoms with Crippen molar-refractivity contribution >= 4 is 50.7 Å². The molecule has 0 aromatic heterocycles. The zero-order valence-electron chi connectivity index (χ0n) is 18.1. The van der Waals surface area contributed by atoms with E-state index in [4.69, 9.17) is 27.9 Å². The maximum Gasteiger partial charge on any atom is 0.244 e. The van der Waals surface area contributed by atoms with Gasteiger partial charge in [0.2, 0.25) is 21.8 Å². The summed E-state index contributed by atoms with van der Waals surface area (Å²) in [5, 5.41) is 3.25. The minimum Gasteiger partial charge on any atom is -0.495 e. The third-order valence-electron chi connectivity index (χ3n) is 4.80. The number of methoxy groups -OCH3 is 1. The van der Waals surface area contributed by atoms with Gasteiger partial charge in [-0.1, -0.05) is 41.4 Å². The molecule has 2 rings (SSSR count). The minimum absolute atomic E-state index is 0.0209. The van der Waals surface area contributed by atoms with Gasteiger partial charge in [-0.15, -0.1) is 0 Å². The summed E-state index contributed by atoms with van der Waals surface area (Å²) in [6, 6.07) is 10.4. The van der Waals surface area contributed by atoms with Crippen molar-refractivity contribution < 1.29 is 22.7 Å². The van der Waals surface area contributed by atoms with E-state index in [9.17, 15) is 18.0 Å². The molecule has 0 aliphatic heterocycles. The number of nitrogens with one attached hydrogen (secondary N) is 1. The summed E-state index contributed by atoms with van der Waals surface area (Å²) in [5.74, 6) is -0.715. The highest BCUT2D eigenvalue weighted by atomic mass is 35.5. The number of amides is 2. The van der Waals surface area contributed by atoms with Crippen LogP contribution in [0.3, 0.4) is 0 Å². The molecule has 2 aromatic rings. The van der Waals surface area contributed by atoms with Crippen molar-refractivity contribution in [2.45, 2.75) is 19.5 Å². The van der Waals surface area contributed by atoms with E-state index in [1.54, 1.807) is 37.3 Å². The van der Waals surface area contributed by atoms with Gasteiger partial charge in [0.1, 0.15) is 18.3 Å². The molecular weight excluding hydrogens is 477 g/mol. The first kappa shape index (κ1) is 25.8. The van der Waals surface area contributed by atoms with Gasteiger partial charge < -0.3 is 15.0 Å². The van der Waals surface area contributed by atoms with Crippen LogP contribution >= 0.6 is 23.2 Å². The number of carbonyl (C=O) groups is 2. The van der Waals surface area contributed by atoms with Crippen molar-refractivity contribution in [1.29, 1.82) is 0 Å². The Morgan fingerprint density at radius 3 is 2.38 bits per heavy atom. The van der Waals surface area contributed by atoms with Gasteiger partial charge in [0.15, 0.2) is 0 Å². The molecule has 0 unspecified atom stereocenters. The van der Waals surface area contributed by atoms with Crippen LogP contribution in [0.15, 0.2) is 42.5 Å². The fraction of sp³-hybridized carbons (Fsp3) is 0.333. The predicted molar refractivity (Wildman–Crippen MR) is 126 cm³/mol. The van der Waals surface area contributed by atoms with Gasteiger partial charge in [0, 0.05) is 23.6 Å². The molecule has 174 valence electrons. The SMILES string of the molecule is CNC(=O)[C@@H](C)N(Cc1ccc(Cl)cc1Cl)C(=O)CN(c1ccccc1OC)S(C)(=O)=O. The summed E-state index contributed by atoms with van der Waals surface area (Å²) in [6.45, 7) is 0.993. The Balaban J connectivity index is 2.45. The molecule has 0 bridgehead atoms. The molecule has 0 saturated heterocycles. The van der Waals surface area contributed by atoms with E-state index in [-0.39, 0.29) is 18.0 Å². The number of hydrogen-bond acceptors (Lipinski definition) is 5. The highest BCUT2D eigenvalue weighted by Gasteiger charge is 2.31. The van der Waals surface area contributed by atoms with Crippen molar-refractivity contribution in [2.24, 2.45) is 0 Å². The summed E-state index contributed by atoms with van der Waals surface area (Å²) in [6.07, 6.45) is 0.995. The topological polar surface area (TPSA) is 96.0 Å². The smallest absolute Gasteiger partial charge is 0.244 e. The number of hydrogen-bond donors (Lipinski definition) is 1. The molecule has 0 heterocycles. The lowest BCUT2D eigenvalue weighted by Crippen LogP contribution is -2.50. The highest BCUT2D eigenvalue weighted by Crippen LogP contribution is 2.30. The van der Waals surface area contributed by atoms with Gasteiger partial charge in [-0.2, -0.15) is 0 Å². The Bertz CT molecular complexity index is 1090. The highest BCUT2D eigenvalue weighted by molar-refractivity contribution is 7.92. The summed E-state index contributed by atoms with van der Waals surface area (Å²) in [5.41, 5.74) is 0.770. The number of sulfonamides is 1. The van der Waals surface area contributed by atoms with E-state index in [0.717, 1.165) is 10.6 Å². The third kappa shape index (κ3) is 6.27. The number of likely N-dealkylation sites (N-methyl/N-ethyl adjacent to an activating group) is 1. The first-order valence-electron chi connectivity index (χ1n) is 9.55. The lowest BCUT2D eigenvalue weighted by atomic mass is 10.1. The third-order valence-corrected chi connectivity index (χ3v) is 6.52. The van der Waals surface area contributed by atoms with E-state index >= 15 is 0 Å². The monoisotopic (exact) mass is 501 g/mol. The molecule has 0 saturated carbocycles. The molecule has 1 atom stereocenters. The van der Waals surface area contributed by atoms with Crippen LogP contribution in [0.2, 0.25) is 10.0 Å². The van der Waals surface area contributed by atoms with Crippen LogP contribution in [0.25, 0.3) is 0 Å². The minimum atomic E-state index is -3.86. The first-order valence-corrected chi connectivity index (χ1v) is 12.2. The number of ether oxygens (including phenoxy) is 1. The maximum atomic E-state index is 13.3. The summed E-state index contributed by atoms with van der Waals surface area (Å²) in [7, 11) is -0.996. The Morgan fingerprint density at radius 1 is 1.16 bits per heavy atom. The second kappa shape index (κ2) is 10.9. The number of anilines is 1. The molecular formula is C21H25Cl2N3O5S. The van der Waals surface area contributed by atoms with Crippen LogP contribution in [0.1, 0.15) is 12.5 Å². The maximum absolute atomic E-state index is 13.3. The Morgan fingerprint density at radius 2 is 1.81 bits per heavy atom. The van der Waals surface area contributed by atoms with Crippen LogP contribution < -0.4 is 14.4 Å². The molecule has 2 amide bonds. The van der Waals surface area contributed by atoms with Gasteiger partial charge in [-0.25, -0.2) is 8.42 Å². The van der Waals surface area contributed by atoms with Crippen molar-refractivity contribution in [1.82, 2.24) is 10.2 Å². The van der Waals surface area contributed by atoms with Gasteiger partial charge in [0.25, 0.3) is 0 Å². The average molecular weight is 502 g/mol. The Labute approximate surface area is 198 Å². The van der Waals surface area contributed by atoms with E-state index in [2.05, 4.69) is 5.32 Å². The average Bonchev–Trinajstić information content (AvgIpc) is 2.75.